The van der Waals surface area contributed by atoms with Crippen molar-refractivity contribution in [1.29, 1.82) is 5.26 Å². The van der Waals surface area contributed by atoms with Gasteiger partial charge in [0, 0.05) is 11.3 Å². The van der Waals surface area contributed by atoms with E-state index in [0.29, 0.717) is 11.3 Å². The molecule has 2 heteroatoms. The lowest BCUT2D eigenvalue weighted by molar-refractivity contribution is 1.16. The SMILES string of the molecule is C=Cc1nc(C)cc(C#N)c1C=C. The summed E-state index contributed by atoms with van der Waals surface area (Å²) < 4.78 is 0. The maximum atomic E-state index is 8.83. The molecule has 13 heavy (non-hydrogen) atoms. The first-order valence-corrected chi connectivity index (χ1v) is 3.89. The van der Waals surface area contributed by atoms with E-state index in [1.165, 1.54) is 0 Å². The largest absolute Gasteiger partial charge is 0.253 e. The van der Waals surface area contributed by atoms with Crippen LogP contribution in [0.15, 0.2) is 19.2 Å². The van der Waals surface area contributed by atoms with Crippen molar-refractivity contribution < 1.29 is 0 Å². The highest BCUT2D eigenvalue weighted by atomic mass is 14.7. The average Bonchev–Trinajstić information content (AvgIpc) is 2.16. The standard InChI is InChI=1S/C11H10N2/c1-4-10-9(7-12)6-8(3)13-11(10)5-2/h4-6H,1-2H2,3H3. The van der Waals surface area contributed by atoms with Crippen LogP contribution in [-0.4, -0.2) is 4.98 Å². The monoisotopic (exact) mass is 170 g/mol. The Labute approximate surface area is 77.9 Å². The summed E-state index contributed by atoms with van der Waals surface area (Å²) in [6.07, 6.45) is 3.26. The van der Waals surface area contributed by atoms with Crippen LogP contribution in [0.1, 0.15) is 22.5 Å². The average molecular weight is 170 g/mol. The molecule has 0 aliphatic heterocycles. The van der Waals surface area contributed by atoms with Gasteiger partial charge in [-0.3, -0.25) is 4.98 Å². The van der Waals surface area contributed by atoms with Crippen molar-refractivity contribution in [3.8, 4) is 6.07 Å². The smallest absolute Gasteiger partial charge is 0.0999 e. The molecule has 0 amide bonds. The van der Waals surface area contributed by atoms with Crippen LogP contribution in [0.2, 0.25) is 0 Å². The molecule has 0 aliphatic carbocycles. The lowest BCUT2D eigenvalue weighted by Gasteiger charge is -2.03. The second kappa shape index (κ2) is 3.68. The molecule has 0 spiro atoms. The van der Waals surface area contributed by atoms with Crippen LogP contribution in [0, 0.1) is 18.3 Å². The molecular weight excluding hydrogens is 160 g/mol. The summed E-state index contributed by atoms with van der Waals surface area (Å²) >= 11 is 0. The summed E-state index contributed by atoms with van der Waals surface area (Å²) in [4.78, 5) is 4.23. The Hall–Kier alpha value is -1.88. The van der Waals surface area contributed by atoms with Crippen LogP contribution in [0.25, 0.3) is 12.2 Å². The van der Waals surface area contributed by atoms with Gasteiger partial charge < -0.3 is 0 Å². The lowest BCUT2D eigenvalue weighted by atomic mass is 10.1. The van der Waals surface area contributed by atoms with Gasteiger partial charge in [0.2, 0.25) is 0 Å². The quantitative estimate of drug-likeness (QED) is 0.683. The number of hydrogen-bond acceptors (Lipinski definition) is 2. The predicted octanol–water partition coefficient (Wildman–Crippen LogP) is 2.55. The van der Waals surface area contributed by atoms with Crippen molar-refractivity contribution in [2.75, 3.05) is 0 Å². The maximum Gasteiger partial charge on any atom is 0.0999 e. The molecule has 1 rings (SSSR count). The maximum absolute atomic E-state index is 8.83. The third-order valence-electron chi connectivity index (χ3n) is 1.73. The summed E-state index contributed by atoms with van der Waals surface area (Å²) in [6.45, 7) is 9.12. The molecule has 0 fully saturated rings. The molecule has 2 nitrogen and oxygen atoms in total. The van der Waals surface area contributed by atoms with Gasteiger partial charge in [-0.25, -0.2) is 0 Å². The van der Waals surface area contributed by atoms with Gasteiger partial charge in [-0.05, 0) is 19.1 Å². The number of aromatic nitrogens is 1. The first-order chi connectivity index (χ1) is 6.22. The van der Waals surface area contributed by atoms with Gasteiger partial charge in [0.1, 0.15) is 0 Å². The Balaban J connectivity index is 3.53. The molecule has 0 saturated carbocycles. The fourth-order valence-electron chi connectivity index (χ4n) is 1.17. The van der Waals surface area contributed by atoms with Gasteiger partial charge >= 0.3 is 0 Å². The van der Waals surface area contributed by atoms with E-state index in [2.05, 4.69) is 24.2 Å². The Morgan fingerprint density at radius 2 is 2.15 bits per heavy atom. The van der Waals surface area contributed by atoms with Crippen molar-refractivity contribution in [3.05, 3.63) is 41.7 Å². The van der Waals surface area contributed by atoms with E-state index >= 15 is 0 Å². The fourth-order valence-corrected chi connectivity index (χ4v) is 1.17. The highest BCUT2D eigenvalue weighted by molar-refractivity contribution is 5.66. The molecular formula is C11H10N2. The van der Waals surface area contributed by atoms with Crippen LogP contribution in [0.4, 0.5) is 0 Å². The van der Waals surface area contributed by atoms with Crippen LogP contribution in [-0.2, 0) is 0 Å². The van der Waals surface area contributed by atoms with Gasteiger partial charge in [0.15, 0.2) is 0 Å². The molecule has 0 aliphatic rings. The Kier molecular flexibility index (Phi) is 2.61. The van der Waals surface area contributed by atoms with Gasteiger partial charge in [0.05, 0.1) is 17.3 Å². The molecule has 0 atom stereocenters. The number of rotatable bonds is 2. The van der Waals surface area contributed by atoms with E-state index in [1.54, 1.807) is 18.2 Å². The minimum absolute atomic E-state index is 0.595. The van der Waals surface area contributed by atoms with Crippen molar-refractivity contribution >= 4 is 12.2 Å². The molecule has 0 saturated heterocycles. The summed E-state index contributed by atoms with van der Waals surface area (Å²) in [6, 6.07) is 3.84. The van der Waals surface area contributed by atoms with Crippen molar-refractivity contribution in [2.45, 2.75) is 6.92 Å². The first kappa shape index (κ1) is 9.21. The molecule has 0 bridgehead atoms. The van der Waals surface area contributed by atoms with Crippen LogP contribution < -0.4 is 0 Å². The van der Waals surface area contributed by atoms with E-state index < -0.39 is 0 Å². The molecule has 0 radical (unpaired) electrons. The van der Waals surface area contributed by atoms with Crippen LogP contribution in [0.3, 0.4) is 0 Å². The number of nitriles is 1. The highest BCUT2D eigenvalue weighted by Gasteiger charge is 2.04. The van der Waals surface area contributed by atoms with Crippen molar-refractivity contribution in [3.63, 3.8) is 0 Å². The Bertz CT molecular complexity index is 397. The minimum Gasteiger partial charge on any atom is -0.253 e. The van der Waals surface area contributed by atoms with Gasteiger partial charge in [-0.2, -0.15) is 5.26 Å². The molecule has 1 aromatic rings. The number of hydrogen-bond donors (Lipinski definition) is 0. The third kappa shape index (κ3) is 1.65. The van der Waals surface area contributed by atoms with Gasteiger partial charge in [0.25, 0.3) is 0 Å². The molecule has 64 valence electrons. The van der Waals surface area contributed by atoms with E-state index in [-0.39, 0.29) is 0 Å². The summed E-state index contributed by atoms with van der Waals surface area (Å²) in [7, 11) is 0. The van der Waals surface area contributed by atoms with E-state index in [1.807, 2.05) is 6.92 Å². The Morgan fingerprint density at radius 3 is 2.62 bits per heavy atom. The second-order valence-corrected chi connectivity index (χ2v) is 2.63. The summed E-state index contributed by atoms with van der Waals surface area (Å²) in [5.41, 5.74) is 2.88. The van der Waals surface area contributed by atoms with E-state index in [4.69, 9.17) is 5.26 Å². The van der Waals surface area contributed by atoms with E-state index in [0.717, 1.165) is 11.3 Å². The number of aryl methyl sites for hydroxylation is 1. The highest BCUT2D eigenvalue weighted by Crippen LogP contribution is 2.15. The normalized spacial score (nSPS) is 8.92. The Morgan fingerprint density at radius 1 is 1.46 bits per heavy atom. The van der Waals surface area contributed by atoms with Gasteiger partial charge in [-0.15, -0.1) is 0 Å². The topological polar surface area (TPSA) is 36.7 Å². The minimum atomic E-state index is 0.595. The number of pyridine rings is 1. The fraction of sp³-hybridized carbons (Fsp3) is 0.0909. The van der Waals surface area contributed by atoms with Crippen molar-refractivity contribution in [1.82, 2.24) is 4.98 Å². The third-order valence-corrected chi connectivity index (χ3v) is 1.73. The zero-order chi connectivity index (χ0) is 9.84. The van der Waals surface area contributed by atoms with E-state index in [9.17, 15) is 0 Å². The lowest BCUT2D eigenvalue weighted by Crippen LogP contribution is -1.94. The number of nitrogens with zero attached hydrogens (tertiary/aromatic N) is 2. The second-order valence-electron chi connectivity index (χ2n) is 2.63. The molecule has 1 aromatic heterocycles. The zero-order valence-electron chi connectivity index (χ0n) is 7.54. The first-order valence-electron chi connectivity index (χ1n) is 3.89. The molecule has 0 aromatic carbocycles. The molecule has 0 N–H and O–H groups in total. The molecule has 1 heterocycles. The van der Waals surface area contributed by atoms with Crippen LogP contribution in [0.5, 0.6) is 0 Å². The zero-order valence-corrected chi connectivity index (χ0v) is 7.54. The molecule has 0 unspecified atom stereocenters. The summed E-state index contributed by atoms with van der Waals surface area (Å²) in [5.74, 6) is 0. The van der Waals surface area contributed by atoms with Crippen LogP contribution >= 0.6 is 0 Å². The predicted molar refractivity (Wildman–Crippen MR) is 53.9 cm³/mol. The van der Waals surface area contributed by atoms with Gasteiger partial charge in [-0.1, -0.05) is 19.2 Å². The van der Waals surface area contributed by atoms with Crippen molar-refractivity contribution in [2.24, 2.45) is 0 Å². The summed E-state index contributed by atoms with van der Waals surface area (Å²) in [5, 5.41) is 8.83.